The monoisotopic (exact) mass is 380 g/mol. The van der Waals surface area contributed by atoms with Crippen molar-refractivity contribution in [1.29, 1.82) is 0 Å². The zero-order valence-electron chi connectivity index (χ0n) is 15.3. The predicted octanol–water partition coefficient (Wildman–Crippen LogP) is 3.72. The van der Waals surface area contributed by atoms with Crippen LogP contribution in [-0.4, -0.2) is 49.6 Å². The van der Waals surface area contributed by atoms with Crippen LogP contribution in [0.3, 0.4) is 0 Å². The number of halogens is 3. The molecule has 1 aromatic rings. The van der Waals surface area contributed by atoms with Gasteiger partial charge >= 0.3 is 6.18 Å². The van der Waals surface area contributed by atoms with E-state index in [1.807, 2.05) is 17.2 Å². The van der Waals surface area contributed by atoms with Gasteiger partial charge < -0.3 is 14.5 Å². The van der Waals surface area contributed by atoms with Gasteiger partial charge in [0.15, 0.2) is 5.78 Å². The van der Waals surface area contributed by atoms with Crippen molar-refractivity contribution in [2.24, 2.45) is 5.92 Å². The van der Waals surface area contributed by atoms with E-state index in [0.29, 0.717) is 24.6 Å². The molecule has 27 heavy (non-hydrogen) atoms. The number of ketones is 1. The molecule has 0 bridgehead atoms. The molecule has 3 aliphatic heterocycles. The van der Waals surface area contributed by atoms with E-state index < -0.39 is 17.3 Å². The van der Waals surface area contributed by atoms with Crippen LogP contribution >= 0.6 is 0 Å². The predicted molar refractivity (Wildman–Crippen MR) is 95.8 cm³/mol. The summed E-state index contributed by atoms with van der Waals surface area (Å²) in [6.07, 6.45) is 2.01. The van der Waals surface area contributed by atoms with Crippen molar-refractivity contribution < 1.29 is 22.7 Å². The molecule has 146 valence electrons. The molecule has 4 nitrogen and oxygen atoms in total. The molecule has 0 aromatic heterocycles. The molecule has 0 N–H and O–H groups in total. The first-order chi connectivity index (χ1) is 12.8. The van der Waals surface area contributed by atoms with Gasteiger partial charge in [-0.25, -0.2) is 0 Å². The third-order valence-corrected chi connectivity index (χ3v) is 6.10. The Hall–Kier alpha value is -2.02. The second-order valence-corrected chi connectivity index (χ2v) is 7.66. The summed E-state index contributed by atoms with van der Waals surface area (Å²) in [6, 6.07) is 3.45. The van der Waals surface area contributed by atoms with Gasteiger partial charge in [-0.05, 0) is 55.7 Å². The van der Waals surface area contributed by atoms with E-state index in [2.05, 4.69) is 4.90 Å². The Bertz CT molecular complexity index is 771. The summed E-state index contributed by atoms with van der Waals surface area (Å²) in [5.41, 5.74) is -0.926. The molecule has 0 saturated carbocycles. The fourth-order valence-electron chi connectivity index (χ4n) is 4.37. The van der Waals surface area contributed by atoms with Crippen molar-refractivity contribution in [2.75, 3.05) is 38.3 Å². The summed E-state index contributed by atoms with van der Waals surface area (Å²) in [5.74, 6) is 0.342. The van der Waals surface area contributed by atoms with Crippen LogP contribution in [-0.2, 0) is 10.9 Å². The Morgan fingerprint density at radius 1 is 1.26 bits per heavy atom. The highest BCUT2D eigenvalue weighted by molar-refractivity contribution is 6.15. The van der Waals surface area contributed by atoms with Crippen LogP contribution in [0.2, 0.25) is 0 Å². The molecule has 1 spiro atoms. The highest BCUT2D eigenvalue weighted by Crippen LogP contribution is 2.44. The number of anilines is 1. The fraction of sp³-hybridized carbons (Fsp3) is 0.550. The summed E-state index contributed by atoms with van der Waals surface area (Å²) in [7, 11) is 1.79. The van der Waals surface area contributed by atoms with E-state index in [4.69, 9.17) is 4.74 Å². The van der Waals surface area contributed by atoms with Gasteiger partial charge in [-0.15, -0.1) is 0 Å². The highest BCUT2D eigenvalue weighted by atomic mass is 19.4. The number of fused-ring (bicyclic) bond motifs is 1. The zero-order valence-corrected chi connectivity index (χ0v) is 15.3. The van der Waals surface area contributed by atoms with Crippen molar-refractivity contribution in [1.82, 2.24) is 4.90 Å². The number of alkyl halides is 3. The van der Waals surface area contributed by atoms with Crippen molar-refractivity contribution in [2.45, 2.75) is 31.0 Å². The average molecular weight is 380 g/mol. The van der Waals surface area contributed by atoms with Crippen LogP contribution in [0.15, 0.2) is 30.5 Å². The van der Waals surface area contributed by atoms with Crippen LogP contribution in [0.5, 0.6) is 0 Å². The molecule has 1 atom stereocenters. The van der Waals surface area contributed by atoms with E-state index in [9.17, 15) is 18.0 Å². The fourth-order valence-corrected chi connectivity index (χ4v) is 4.37. The van der Waals surface area contributed by atoms with Crippen LogP contribution in [0.1, 0.15) is 35.2 Å². The number of Topliss-reactive ketones (excluding diaryl/α,β-unsaturated/α-hetero) is 1. The van der Waals surface area contributed by atoms with Gasteiger partial charge in [0, 0.05) is 44.6 Å². The standard InChI is InChI=1S/C20H23F3N2O2/c1-24-17-3-2-15(20(21,22)23)12-16(17)18(26)19(24)6-8-25(9-7-19)13-14-4-10-27-11-5-14/h2-3,6,8,12,14H,4-5,7,9-11,13H2,1H3/t19-/m1/s1. The second-order valence-electron chi connectivity index (χ2n) is 7.66. The smallest absolute Gasteiger partial charge is 0.381 e. The Morgan fingerprint density at radius 3 is 2.63 bits per heavy atom. The summed E-state index contributed by atoms with van der Waals surface area (Å²) in [5, 5.41) is 0. The molecule has 1 saturated heterocycles. The minimum absolute atomic E-state index is 0.162. The summed E-state index contributed by atoms with van der Waals surface area (Å²) in [6.45, 7) is 3.23. The molecule has 0 amide bonds. The van der Waals surface area contributed by atoms with Crippen LogP contribution < -0.4 is 4.90 Å². The number of benzene rings is 1. The van der Waals surface area contributed by atoms with Crippen LogP contribution in [0, 0.1) is 5.92 Å². The molecular weight excluding hydrogens is 357 g/mol. The first-order valence-electron chi connectivity index (χ1n) is 9.32. The van der Waals surface area contributed by atoms with Gasteiger partial charge in [0.25, 0.3) is 0 Å². The van der Waals surface area contributed by atoms with Crippen molar-refractivity contribution in [3.05, 3.63) is 41.6 Å². The lowest BCUT2D eigenvalue weighted by Crippen LogP contribution is -2.51. The Labute approximate surface area is 156 Å². The lowest BCUT2D eigenvalue weighted by molar-refractivity contribution is -0.137. The number of hydrogen-bond acceptors (Lipinski definition) is 4. The average Bonchev–Trinajstić information content (AvgIpc) is 2.86. The molecule has 0 aliphatic carbocycles. The molecule has 3 heterocycles. The summed E-state index contributed by atoms with van der Waals surface area (Å²) >= 11 is 0. The number of hydrogen-bond donors (Lipinski definition) is 0. The highest BCUT2D eigenvalue weighted by Gasteiger charge is 2.49. The minimum Gasteiger partial charge on any atom is -0.381 e. The quantitative estimate of drug-likeness (QED) is 0.783. The summed E-state index contributed by atoms with van der Waals surface area (Å²) in [4.78, 5) is 17.1. The van der Waals surface area contributed by atoms with Crippen molar-refractivity contribution >= 4 is 11.5 Å². The van der Waals surface area contributed by atoms with Gasteiger partial charge in [-0.2, -0.15) is 13.2 Å². The van der Waals surface area contributed by atoms with E-state index in [-0.39, 0.29) is 11.3 Å². The number of rotatable bonds is 2. The van der Waals surface area contributed by atoms with Gasteiger partial charge in [-0.1, -0.05) is 0 Å². The second kappa shape index (κ2) is 6.55. The number of nitrogens with zero attached hydrogens (tertiary/aromatic N) is 2. The Morgan fingerprint density at radius 2 is 2.00 bits per heavy atom. The zero-order chi connectivity index (χ0) is 19.2. The topological polar surface area (TPSA) is 32.8 Å². The number of carbonyl (C=O) groups is 1. The van der Waals surface area contributed by atoms with E-state index in [1.54, 1.807) is 7.05 Å². The summed E-state index contributed by atoms with van der Waals surface area (Å²) < 4.78 is 44.5. The van der Waals surface area contributed by atoms with Crippen molar-refractivity contribution in [3.63, 3.8) is 0 Å². The molecule has 1 fully saturated rings. The van der Waals surface area contributed by atoms with Gasteiger partial charge in [0.05, 0.1) is 5.56 Å². The molecule has 1 aromatic carbocycles. The number of ether oxygens (including phenoxy) is 1. The maximum Gasteiger partial charge on any atom is 0.416 e. The first-order valence-corrected chi connectivity index (χ1v) is 9.32. The van der Waals surface area contributed by atoms with Crippen LogP contribution in [0.4, 0.5) is 18.9 Å². The lowest BCUT2D eigenvalue weighted by atomic mass is 9.86. The maximum absolute atomic E-state index is 13.1. The van der Waals surface area contributed by atoms with E-state index in [1.165, 1.54) is 6.07 Å². The largest absolute Gasteiger partial charge is 0.416 e. The third kappa shape index (κ3) is 3.12. The minimum atomic E-state index is -4.45. The molecule has 3 aliphatic rings. The number of carbonyl (C=O) groups excluding carboxylic acids is 1. The molecule has 7 heteroatoms. The SMILES string of the molecule is CN1c2ccc(C(F)(F)F)cc2C(=O)[C@]12C=CN(CC1CCOCC1)CC2. The molecule has 4 rings (SSSR count). The normalized spacial score (nSPS) is 26.1. The van der Waals surface area contributed by atoms with Gasteiger partial charge in [0.2, 0.25) is 0 Å². The molecule has 0 unspecified atom stereocenters. The Balaban J connectivity index is 1.55. The first kappa shape index (κ1) is 18.3. The van der Waals surface area contributed by atoms with Gasteiger partial charge in [0.1, 0.15) is 5.54 Å². The third-order valence-electron chi connectivity index (χ3n) is 6.10. The Kier molecular flexibility index (Phi) is 4.45. The van der Waals surface area contributed by atoms with E-state index in [0.717, 1.165) is 44.7 Å². The lowest BCUT2D eigenvalue weighted by Gasteiger charge is -2.40. The van der Waals surface area contributed by atoms with Crippen LogP contribution in [0.25, 0.3) is 0 Å². The van der Waals surface area contributed by atoms with Crippen molar-refractivity contribution in [3.8, 4) is 0 Å². The maximum atomic E-state index is 13.1. The van der Waals surface area contributed by atoms with E-state index >= 15 is 0 Å². The molecular formula is C20H23F3N2O2. The number of likely N-dealkylation sites (N-methyl/N-ethyl adjacent to an activating group) is 1. The molecule has 0 radical (unpaired) electrons. The van der Waals surface area contributed by atoms with Gasteiger partial charge in [-0.3, -0.25) is 4.79 Å².